The molecule has 2 aromatic carbocycles. The fraction of sp³-hybridized carbons (Fsp3) is 0. The van der Waals surface area contributed by atoms with Crippen LogP contribution in [-0.2, 0) is 0 Å². The van der Waals surface area contributed by atoms with E-state index < -0.39 is 5.63 Å². The lowest BCUT2D eigenvalue weighted by Crippen LogP contribution is -2.01. The normalized spacial score (nSPS) is 10.6. The van der Waals surface area contributed by atoms with Crippen LogP contribution >= 0.6 is 0 Å². The first-order chi connectivity index (χ1) is 9.24. The average molecular weight is 255 g/mol. The van der Waals surface area contributed by atoms with Crippen LogP contribution < -0.4 is 10.9 Å². The van der Waals surface area contributed by atoms with E-state index in [1.807, 2.05) is 6.07 Å². The van der Waals surface area contributed by atoms with Crippen LogP contribution in [0.5, 0.6) is 0 Å². The standard InChI is InChI=1S/C15H10FNO2/c16-11-6-2-3-7-12(11)17-13-9-15(18)19-14-8-4-1-5-10(13)14/h1-9,17H. The maximum Gasteiger partial charge on any atom is 0.338 e. The van der Waals surface area contributed by atoms with E-state index in [4.69, 9.17) is 4.42 Å². The van der Waals surface area contributed by atoms with Crippen molar-refractivity contribution in [2.45, 2.75) is 0 Å². The van der Waals surface area contributed by atoms with Crippen molar-refractivity contribution in [3.8, 4) is 0 Å². The molecule has 0 amide bonds. The minimum absolute atomic E-state index is 0.318. The quantitative estimate of drug-likeness (QED) is 0.710. The van der Waals surface area contributed by atoms with Gasteiger partial charge in [0, 0.05) is 11.5 Å². The van der Waals surface area contributed by atoms with Crippen molar-refractivity contribution in [3.05, 3.63) is 70.8 Å². The molecule has 3 nitrogen and oxygen atoms in total. The van der Waals surface area contributed by atoms with E-state index >= 15 is 0 Å². The summed E-state index contributed by atoms with van der Waals surface area (Å²) in [6, 6.07) is 14.7. The zero-order chi connectivity index (χ0) is 13.2. The fourth-order valence-corrected chi connectivity index (χ4v) is 1.92. The first-order valence-electron chi connectivity index (χ1n) is 5.78. The number of hydrogen-bond acceptors (Lipinski definition) is 3. The molecule has 3 aromatic rings. The number of nitrogens with one attached hydrogen (secondary N) is 1. The molecule has 0 atom stereocenters. The summed E-state index contributed by atoms with van der Waals surface area (Å²) in [7, 11) is 0. The molecule has 0 aliphatic carbocycles. The SMILES string of the molecule is O=c1cc(Nc2ccccc2F)c2ccccc2o1. The summed E-state index contributed by atoms with van der Waals surface area (Å²) in [5, 5.41) is 3.65. The topological polar surface area (TPSA) is 42.2 Å². The molecule has 0 saturated heterocycles. The third-order valence-electron chi connectivity index (χ3n) is 2.79. The molecule has 1 N–H and O–H groups in total. The van der Waals surface area contributed by atoms with E-state index in [-0.39, 0.29) is 5.82 Å². The summed E-state index contributed by atoms with van der Waals surface area (Å²) in [6.07, 6.45) is 0. The van der Waals surface area contributed by atoms with Gasteiger partial charge in [-0.05, 0) is 24.3 Å². The van der Waals surface area contributed by atoms with Crippen LogP contribution in [0.1, 0.15) is 0 Å². The molecule has 94 valence electrons. The molecule has 4 heteroatoms. The van der Waals surface area contributed by atoms with Gasteiger partial charge in [0.2, 0.25) is 0 Å². The lowest BCUT2D eigenvalue weighted by Gasteiger charge is -2.09. The summed E-state index contributed by atoms with van der Waals surface area (Å²) in [5.41, 5.74) is 0.835. The zero-order valence-electron chi connectivity index (χ0n) is 9.89. The second-order valence-electron chi connectivity index (χ2n) is 4.08. The summed E-state index contributed by atoms with van der Waals surface area (Å²) in [6.45, 7) is 0. The van der Waals surface area contributed by atoms with E-state index in [1.165, 1.54) is 12.1 Å². The van der Waals surface area contributed by atoms with Gasteiger partial charge in [0.15, 0.2) is 0 Å². The van der Waals surface area contributed by atoms with Crippen molar-refractivity contribution in [1.29, 1.82) is 0 Å². The molecule has 0 fully saturated rings. The number of para-hydroxylation sites is 2. The van der Waals surface area contributed by atoms with E-state index in [2.05, 4.69) is 5.32 Å². The Bertz CT molecular complexity index is 795. The number of hydrogen-bond donors (Lipinski definition) is 1. The second kappa shape index (κ2) is 4.57. The van der Waals surface area contributed by atoms with Crippen molar-refractivity contribution in [2.75, 3.05) is 5.32 Å². The first kappa shape index (κ1) is 11.5. The predicted octanol–water partition coefficient (Wildman–Crippen LogP) is 3.68. The lowest BCUT2D eigenvalue weighted by atomic mass is 10.2. The van der Waals surface area contributed by atoms with Crippen molar-refractivity contribution >= 4 is 22.3 Å². The molecular weight excluding hydrogens is 245 g/mol. The van der Waals surface area contributed by atoms with Gasteiger partial charge in [-0.25, -0.2) is 9.18 Å². The van der Waals surface area contributed by atoms with Gasteiger partial charge in [-0.15, -0.1) is 0 Å². The Morgan fingerprint density at radius 1 is 0.947 bits per heavy atom. The van der Waals surface area contributed by atoms with Gasteiger partial charge >= 0.3 is 5.63 Å². The van der Waals surface area contributed by atoms with E-state index in [1.54, 1.807) is 36.4 Å². The molecule has 0 aliphatic rings. The highest BCUT2D eigenvalue weighted by Crippen LogP contribution is 2.25. The molecule has 3 rings (SSSR count). The fourth-order valence-electron chi connectivity index (χ4n) is 1.92. The smallest absolute Gasteiger partial charge is 0.338 e. The maximum absolute atomic E-state index is 13.6. The monoisotopic (exact) mass is 255 g/mol. The van der Waals surface area contributed by atoms with Crippen molar-refractivity contribution in [2.24, 2.45) is 0 Å². The first-order valence-corrected chi connectivity index (χ1v) is 5.78. The number of anilines is 2. The molecule has 0 aliphatic heterocycles. The van der Waals surface area contributed by atoms with Crippen molar-refractivity contribution in [3.63, 3.8) is 0 Å². The summed E-state index contributed by atoms with van der Waals surface area (Å²) >= 11 is 0. The van der Waals surface area contributed by atoms with E-state index in [0.29, 0.717) is 17.0 Å². The Balaban J connectivity index is 2.15. The Hall–Kier alpha value is -2.62. The molecule has 0 saturated carbocycles. The molecular formula is C15H10FNO2. The van der Waals surface area contributed by atoms with Gasteiger partial charge in [0.25, 0.3) is 0 Å². The molecule has 19 heavy (non-hydrogen) atoms. The van der Waals surface area contributed by atoms with Crippen LogP contribution in [0.4, 0.5) is 15.8 Å². The van der Waals surface area contributed by atoms with E-state index in [0.717, 1.165) is 5.39 Å². The third-order valence-corrected chi connectivity index (χ3v) is 2.79. The average Bonchev–Trinajstić information content (AvgIpc) is 2.41. The molecule has 0 radical (unpaired) electrons. The van der Waals surface area contributed by atoms with Crippen LogP contribution in [0, 0.1) is 5.82 Å². The minimum Gasteiger partial charge on any atom is -0.423 e. The third kappa shape index (κ3) is 2.20. The number of rotatable bonds is 2. The van der Waals surface area contributed by atoms with Crippen LogP contribution in [-0.4, -0.2) is 0 Å². The summed E-state index contributed by atoms with van der Waals surface area (Å²) in [4.78, 5) is 11.5. The van der Waals surface area contributed by atoms with Gasteiger partial charge in [0.05, 0.1) is 11.4 Å². The number of benzene rings is 2. The molecule has 1 aromatic heterocycles. The zero-order valence-corrected chi connectivity index (χ0v) is 9.89. The maximum atomic E-state index is 13.6. The van der Waals surface area contributed by atoms with Crippen LogP contribution in [0.15, 0.2) is 63.8 Å². The Labute approximate surface area is 108 Å². The predicted molar refractivity (Wildman–Crippen MR) is 72.2 cm³/mol. The van der Waals surface area contributed by atoms with Gasteiger partial charge in [0.1, 0.15) is 11.4 Å². The van der Waals surface area contributed by atoms with Crippen LogP contribution in [0.2, 0.25) is 0 Å². The van der Waals surface area contributed by atoms with Crippen LogP contribution in [0.25, 0.3) is 11.0 Å². The molecule has 0 unspecified atom stereocenters. The highest BCUT2D eigenvalue weighted by atomic mass is 19.1. The lowest BCUT2D eigenvalue weighted by molar-refractivity contribution is 0.561. The molecule has 0 bridgehead atoms. The van der Waals surface area contributed by atoms with Crippen molar-refractivity contribution in [1.82, 2.24) is 0 Å². The summed E-state index contributed by atoms with van der Waals surface area (Å²) < 4.78 is 18.7. The van der Waals surface area contributed by atoms with Gasteiger partial charge < -0.3 is 9.73 Å². The Kier molecular flexibility index (Phi) is 2.76. The van der Waals surface area contributed by atoms with Gasteiger partial charge in [-0.2, -0.15) is 0 Å². The minimum atomic E-state index is -0.475. The summed E-state index contributed by atoms with van der Waals surface area (Å²) in [5.74, 6) is -0.375. The van der Waals surface area contributed by atoms with E-state index in [9.17, 15) is 9.18 Å². The van der Waals surface area contributed by atoms with Gasteiger partial charge in [-0.1, -0.05) is 24.3 Å². The second-order valence-corrected chi connectivity index (χ2v) is 4.08. The Morgan fingerprint density at radius 2 is 1.68 bits per heavy atom. The van der Waals surface area contributed by atoms with Crippen LogP contribution in [0.3, 0.4) is 0 Å². The van der Waals surface area contributed by atoms with Crippen molar-refractivity contribution < 1.29 is 8.81 Å². The largest absolute Gasteiger partial charge is 0.423 e. The molecule has 0 spiro atoms. The number of halogens is 1. The highest BCUT2D eigenvalue weighted by molar-refractivity contribution is 5.91. The molecule has 1 heterocycles. The van der Waals surface area contributed by atoms with Gasteiger partial charge in [-0.3, -0.25) is 0 Å². The Morgan fingerprint density at radius 3 is 2.53 bits per heavy atom. The highest BCUT2D eigenvalue weighted by Gasteiger charge is 2.07. The number of fused-ring (bicyclic) bond motifs is 1.